The maximum absolute atomic E-state index is 13.9. The van der Waals surface area contributed by atoms with Crippen molar-refractivity contribution >= 4 is 77.7 Å². The number of imidazole rings is 1. The predicted octanol–water partition coefficient (Wildman–Crippen LogP) is -4.40. The molecule has 0 aliphatic rings. The van der Waals surface area contributed by atoms with E-state index in [4.69, 9.17) is 22.3 Å². The Kier molecular flexibility index (Phi) is 24.4. The van der Waals surface area contributed by atoms with Gasteiger partial charge in [-0.25, -0.2) is 9.78 Å². The summed E-state index contributed by atoms with van der Waals surface area (Å²) in [5.74, 6) is -8.79. The number of thiol groups is 1. The van der Waals surface area contributed by atoms with Crippen molar-refractivity contribution in [1.82, 2.24) is 41.9 Å². The van der Waals surface area contributed by atoms with Gasteiger partial charge in [-0.1, -0.05) is 0 Å². The summed E-state index contributed by atoms with van der Waals surface area (Å²) in [6.45, 7) is 1.42. The van der Waals surface area contributed by atoms with Gasteiger partial charge in [-0.2, -0.15) is 24.4 Å². The van der Waals surface area contributed by atoms with Crippen molar-refractivity contribution in [3.63, 3.8) is 0 Å². The fourth-order valence-electron chi connectivity index (χ4n) is 5.26. The van der Waals surface area contributed by atoms with Gasteiger partial charge in [-0.3, -0.25) is 38.4 Å². The summed E-state index contributed by atoms with van der Waals surface area (Å²) < 4.78 is 0. The van der Waals surface area contributed by atoms with Gasteiger partial charge in [0.2, 0.25) is 41.4 Å². The first-order chi connectivity index (χ1) is 27.8. The molecule has 7 amide bonds. The number of hydrogen-bond donors (Lipinski definition) is 14. The molecule has 0 aliphatic carbocycles. The van der Waals surface area contributed by atoms with Crippen molar-refractivity contribution < 1.29 is 58.5 Å². The summed E-state index contributed by atoms with van der Waals surface area (Å²) in [4.78, 5) is 121. The van der Waals surface area contributed by atoms with Crippen LogP contribution in [0.15, 0.2) is 12.5 Å². The molecule has 332 valence electrons. The number of carboxylic acids is 2. The number of amides is 7. The number of aliphatic hydroxyl groups excluding tert-OH is 1. The van der Waals surface area contributed by atoms with Crippen LogP contribution in [0.3, 0.4) is 0 Å². The maximum Gasteiger partial charge on any atom is 0.326 e. The number of carbonyl (C=O) groups is 9. The van der Waals surface area contributed by atoms with Crippen LogP contribution in [0.1, 0.15) is 64.0 Å². The van der Waals surface area contributed by atoms with E-state index in [1.54, 1.807) is 6.26 Å². The molecule has 16 N–H and O–H groups in total. The number of hydrogen-bond acceptors (Lipinski definition) is 15. The van der Waals surface area contributed by atoms with Crippen LogP contribution >= 0.6 is 24.4 Å². The summed E-state index contributed by atoms with van der Waals surface area (Å²) in [7, 11) is 0. The van der Waals surface area contributed by atoms with Crippen LogP contribution in [-0.2, 0) is 49.6 Å². The molecule has 25 heteroatoms. The molecule has 0 aliphatic heterocycles. The van der Waals surface area contributed by atoms with Crippen molar-refractivity contribution in [3.8, 4) is 0 Å². The second-order valence-electron chi connectivity index (χ2n) is 13.4. The van der Waals surface area contributed by atoms with Gasteiger partial charge in [-0.15, -0.1) is 0 Å². The normalized spacial score (nSPS) is 15.1. The lowest BCUT2D eigenvalue weighted by Crippen LogP contribution is -2.62. The summed E-state index contributed by atoms with van der Waals surface area (Å²) in [6, 6.07) is -9.96. The molecule has 1 rings (SSSR count). The van der Waals surface area contributed by atoms with Crippen LogP contribution in [0.4, 0.5) is 0 Å². The Morgan fingerprint density at radius 2 is 1.32 bits per heavy atom. The highest BCUT2D eigenvalue weighted by Gasteiger charge is 2.35. The molecule has 0 fully saturated rings. The van der Waals surface area contributed by atoms with E-state index in [9.17, 15) is 53.4 Å². The van der Waals surface area contributed by atoms with Gasteiger partial charge in [0, 0.05) is 36.9 Å². The molecule has 23 nitrogen and oxygen atoms in total. The third kappa shape index (κ3) is 20.0. The fraction of sp³-hybridized carbons (Fsp3) is 0.647. The van der Waals surface area contributed by atoms with Gasteiger partial charge < -0.3 is 69.4 Å². The van der Waals surface area contributed by atoms with Gasteiger partial charge in [0.15, 0.2) is 0 Å². The lowest BCUT2D eigenvalue weighted by Gasteiger charge is -2.28. The lowest BCUT2D eigenvalue weighted by atomic mass is 10.0. The van der Waals surface area contributed by atoms with Crippen LogP contribution in [0.25, 0.3) is 0 Å². The molecule has 0 bridgehead atoms. The molecule has 0 saturated carbocycles. The highest BCUT2D eigenvalue weighted by molar-refractivity contribution is 7.98. The number of aromatic nitrogens is 2. The van der Waals surface area contributed by atoms with E-state index in [0.29, 0.717) is 24.3 Å². The van der Waals surface area contributed by atoms with Crippen LogP contribution < -0.4 is 49.1 Å². The minimum absolute atomic E-state index is 0.0343. The van der Waals surface area contributed by atoms with E-state index in [1.165, 1.54) is 31.2 Å². The Bertz CT molecular complexity index is 1570. The number of aromatic amines is 1. The largest absolute Gasteiger partial charge is 0.481 e. The number of aliphatic carboxylic acids is 2. The minimum Gasteiger partial charge on any atom is -0.481 e. The average molecular weight is 876 g/mol. The van der Waals surface area contributed by atoms with Crippen molar-refractivity contribution in [3.05, 3.63) is 18.2 Å². The van der Waals surface area contributed by atoms with E-state index in [0.717, 1.165) is 0 Å². The third-order valence-corrected chi connectivity index (χ3v) is 9.62. The number of thioether (sulfide) groups is 1. The zero-order valence-corrected chi connectivity index (χ0v) is 34.5. The molecule has 1 heterocycles. The smallest absolute Gasteiger partial charge is 0.326 e. The highest BCUT2D eigenvalue weighted by atomic mass is 32.2. The van der Waals surface area contributed by atoms with Crippen LogP contribution in [0.5, 0.6) is 0 Å². The van der Waals surface area contributed by atoms with Gasteiger partial charge in [0.1, 0.15) is 36.3 Å². The summed E-state index contributed by atoms with van der Waals surface area (Å²) in [5, 5.41) is 43.5. The van der Waals surface area contributed by atoms with E-state index in [-0.39, 0.29) is 50.8 Å². The molecule has 0 spiro atoms. The number of nitrogens with two attached hydrogens (primary N) is 3. The SMILES string of the molecule is CSCC[C@H](NC(=O)[C@H](CS)NC(=O)[C@@H](NC(=O)[C@H](CCCCN)NC(=O)[C@H](Cc1cnc[nH]1)NC(=O)[C@H](CCC(N)=O)NC(=O)[C@@H](N)CCC(=O)O)[C@@H](C)O)C(=O)O. The summed E-state index contributed by atoms with van der Waals surface area (Å²) >= 11 is 5.46. The van der Waals surface area contributed by atoms with Crippen molar-refractivity contribution in [2.24, 2.45) is 17.2 Å². The molecule has 0 saturated heterocycles. The molecule has 0 aromatic carbocycles. The molecular weight excluding hydrogens is 819 g/mol. The van der Waals surface area contributed by atoms with Crippen LogP contribution in [0, 0.1) is 0 Å². The number of primary amides is 1. The van der Waals surface area contributed by atoms with Gasteiger partial charge in [-0.05, 0) is 64.0 Å². The topological polar surface area (TPSA) is 393 Å². The number of carbonyl (C=O) groups excluding carboxylic acids is 7. The Morgan fingerprint density at radius 3 is 1.86 bits per heavy atom. The average Bonchev–Trinajstić information content (AvgIpc) is 3.69. The molecular formula is C34H57N11O12S2. The quantitative estimate of drug-likeness (QED) is 0.0256. The standard InChI is InChI=1S/C34H57N11O12S2/c1-17(46)27(33(55)44-24(15-58)32(54)42-22(34(56)57)10-12-59-2)45-30(52)20(5-3-4-11-35)41-31(53)23(13-18-14-38-16-39-18)43-29(51)21(7-8-25(37)47)40-28(50)19(36)6-9-26(48)49/h14,16-17,19-24,27,46,58H,3-13,15,35-36H2,1-2H3,(H2,37,47)(H,38,39)(H,40,50)(H,41,53)(H,42,54)(H,43,51)(H,44,55)(H,45,52)(H,48,49)(H,56,57)/t17-,19+,20+,21+,22+,23+,24+,27+/m1/s1. The Labute approximate surface area is 350 Å². The van der Waals surface area contributed by atoms with E-state index in [1.807, 2.05) is 0 Å². The zero-order valence-electron chi connectivity index (χ0n) is 32.8. The first-order valence-corrected chi connectivity index (χ1v) is 20.6. The summed E-state index contributed by atoms with van der Waals surface area (Å²) in [5.41, 5.74) is 17.1. The maximum atomic E-state index is 13.9. The Morgan fingerprint density at radius 1 is 0.763 bits per heavy atom. The van der Waals surface area contributed by atoms with Crippen LogP contribution in [0.2, 0.25) is 0 Å². The molecule has 0 radical (unpaired) electrons. The first kappa shape index (κ1) is 52.0. The number of rotatable bonds is 30. The van der Waals surface area contributed by atoms with Crippen molar-refractivity contribution in [2.45, 2.75) is 113 Å². The van der Waals surface area contributed by atoms with E-state index in [2.05, 4.69) is 54.5 Å². The number of H-pyrrole nitrogens is 1. The molecule has 1 aromatic heterocycles. The molecule has 8 atom stereocenters. The predicted molar refractivity (Wildman–Crippen MR) is 216 cm³/mol. The fourth-order valence-corrected chi connectivity index (χ4v) is 5.98. The second-order valence-corrected chi connectivity index (χ2v) is 14.8. The van der Waals surface area contributed by atoms with Crippen molar-refractivity contribution in [1.29, 1.82) is 0 Å². The van der Waals surface area contributed by atoms with E-state index >= 15 is 0 Å². The number of aliphatic hydroxyl groups is 1. The Balaban J connectivity index is 3.33. The molecule has 59 heavy (non-hydrogen) atoms. The highest BCUT2D eigenvalue weighted by Crippen LogP contribution is 2.09. The van der Waals surface area contributed by atoms with Gasteiger partial charge in [0.25, 0.3) is 0 Å². The van der Waals surface area contributed by atoms with Gasteiger partial charge in [0.05, 0.1) is 18.5 Å². The lowest BCUT2D eigenvalue weighted by molar-refractivity contribution is -0.142. The van der Waals surface area contributed by atoms with Crippen LogP contribution in [-0.4, -0.2) is 151 Å². The van der Waals surface area contributed by atoms with Crippen molar-refractivity contribution in [2.75, 3.05) is 24.3 Å². The second kappa shape index (κ2) is 27.7. The molecule has 1 aromatic rings. The minimum atomic E-state index is -1.68. The molecule has 0 unspecified atom stereocenters. The zero-order chi connectivity index (χ0) is 44.7. The number of nitrogens with one attached hydrogen (secondary N) is 7. The monoisotopic (exact) mass is 875 g/mol. The first-order valence-electron chi connectivity index (χ1n) is 18.6. The number of nitrogens with zero attached hydrogens (tertiary/aromatic N) is 1. The van der Waals surface area contributed by atoms with E-state index < -0.39 is 108 Å². The third-order valence-electron chi connectivity index (χ3n) is 8.61. The summed E-state index contributed by atoms with van der Waals surface area (Å²) in [6.07, 6.45) is 2.03. The number of unbranched alkanes of at least 4 members (excludes halogenated alkanes) is 1. The Hall–Kier alpha value is -4.98. The number of carboxylic acid groups (broad SMARTS) is 2. The van der Waals surface area contributed by atoms with Gasteiger partial charge >= 0.3 is 11.9 Å².